The maximum absolute atomic E-state index is 9.95. The fourth-order valence-corrected chi connectivity index (χ4v) is 3.78. The molecule has 1 aromatic rings. The third kappa shape index (κ3) is 3.99. The molecule has 2 rings (SSSR count). The number of rotatable bonds is 6. The van der Waals surface area contributed by atoms with Crippen molar-refractivity contribution >= 4 is 15.9 Å². The van der Waals surface area contributed by atoms with Crippen molar-refractivity contribution < 1.29 is 14.6 Å². The molecule has 2 N–H and O–H groups in total. The fraction of sp³-hybridized carbons (Fsp3) is 0.647. The van der Waals surface area contributed by atoms with E-state index in [-0.39, 0.29) is 18.1 Å². The average molecular weight is 387 g/mol. The summed E-state index contributed by atoms with van der Waals surface area (Å²) in [7, 11) is 3.31. The van der Waals surface area contributed by atoms with Gasteiger partial charge in [0.25, 0.3) is 0 Å². The predicted molar refractivity (Wildman–Crippen MR) is 95.3 cm³/mol. The van der Waals surface area contributed by atoms with Crippen molar-refractivity contribution in [2.24, 2.45) is 5.41 Å². The molecule has 1 aliphatic rings. The van der Waals surface area contributed by atoms with Crippen LogP contribution in [0.1, 0.15) is 25.5 Å². The Balaban J connectivity index is 2.50. The molecule has 1 heterocycles. The van der Waals surface area contributed by atoms with Crippen molar-refractivity contribution in [1.29, 1.82) is 0 Å². The maximum atomic E-state index is 9.95. The Kier molecular flexibility index (Phi) is 6.31. The van der Waals surface area contributed by atoms with Crippen LogP contribution in [0.15, 0.2) is 16.6 Å². The van der Waals surface area contributed by atoms with E-state index in [1.54, 1.807) is 14.2 Å². The molecule has 0 bridgehead atoms. The number of aliphatic hydroxyl groups excluding tert-OH is 1. The van der Waals surface area contributed by atoms with E-state index in [0.717, 1.165) is 47.7 Å². The minimum atomic E-state index is -0.277. The fourth-order valence-electron chi connectivity index (χ4n) is 3.23. The summed E-state index contributed by atoms with van der Waals surface area (Å²) in [5.74, 6) is 1.49. The lowest BCUT2D eigenvalue weighted by Gasteiger charge is -2.43. The van der Waals surface area contributed by atoms with E-state index in [1.807, 2.05) is 12.1 Å². The lowest BCUT2D eigenvalue weighted by atomic mass is 9.79. The number of aliphatic hydroxyl groups is 1. The smallest absolute Gasteiger partial charge is 0.137 e. The van der Waals surface area contributed by atoms with Gasteiger partial charge in [-0.25, -0.2) is 0 Å². The molecule has 23 heavy (non-hydrogen) atoms. The minimum Gasteiger partial charge on any atom is -0.495 e. The normalized spacial score (nSPS) is 17.8. The monoisotopic (exact) mass is 386 g/mol. The van der Waals surface area contributed by atoms with Crippen LogP contribution in [0.4, 0.5) is 0 Å². The second kappa shape index (κ2) is 7.83. The Labute approximate surface area is 147 Å². The van der Waals surface area contributed by atoms with Crippen LogP contribution in [0.5, 0.6) is 11.5 Å². The van der Waals surface area contributed by atoms with Gasteiger partial charge in [-0.1, -0.05) is 13.8 Å². The van der Waals surface area contributed by atoms with Crippen LogP contribution in [0.3, 0.4) is 0 Å². The first-order valence-corrected chi connectivity index (χ1v) is 8.71. The van der Waals surface area contributed by atoms with Crippen LogP contribution >= 0.6 is 15.9 Å². The van der Waals surface area contributed by atoms with E-state index in [4.69, 9.17) is 9.47 Å². The van der Waals surface area contributed by atoms with E-state index in [9.17, 15) is 5.11 Å². The van der Waals surface area contributed by atoms with Gasteiger partial charge >= 0.3 is 0 Å². The number of ether oxygens (including phenoxy) is 2. The minimum absolute atomic E-state index is 0.0884. The first-order chi connectivity index (χ1) is 10.9. The Hall–Kier alpha value is -0.820. The van der Waals surface area contributed by atoms with Crippen LogP contribution in [0.25, 0.3) is 0 Å². The van der Waals surface area contributed by atoms with Crippen LogP contribution < -0.4 is 14.8 Å². The first-order valence-electron chi connectivity index (χ1n) is 7.91. The van der Waals surface area contributed by atoms with Gasteiger partial charge in [0.1, 0.15) is 16.0 Å². The van der Waals surface area contributed by atoms with Crippen molar-refractivity contribution in [3.8, 4) is 11.5 Å². The molecule has 0 unspecified atom stereocenters. The van der Waals surface area contributed by atoms with E-state index in [1.165, 1.54) is 0 Å². The van der Waals surface area contributed by atoms with Crippen LogP contribution in [0, 0.1) is 5.41 Å². The molecule has 6 heteroatoms. The zero-order chi connectivity index (χ0) is 17.0. The van der Waals surface area contributed by atoms with Crippen LogP contribution in [-0.4, -0.2) is 57.0 Å². The number of hydrogen-bond acceptors (Lipinski definition) is 5. The van der Waals surface area contributed by atoms with Gasteiger partial charge in [0, 0.05) is 44.2 Å². The third-order valence-corrected chi connectivity index (χ3v) is 5.23. The molecular formula is C17H27BrN2O3. The largest absolute Gasteiger partial charge is 0.495 e. The summed E-state index contributed by atoms with van der Waals surface area (Å²) in [6.07, 6.45) is 0. The van der Waals surface area contributed by atoms with Crippen molar-refractivity contribution in [3.05, 3.63) is 22.2 Å². The van der Waals surface area contributed by atoms with E-state index in [2.05, 4.69) is 40.0 Å². The zero-order valence-electron chi connectivity index (χ0n) is 14.4. The molecule has 1 fully saturated rings. The Morgan fingerprint density at radius 3 is 2.17 bits per heavy atom. The van der Waals surface area contributed by atoms with Gasteiger partial charge in [-0.15, -0.1) is 0 Å². The maximum Gasteiger partial charge on any atom is 0.137 e. The second-order valence-corrected chi connectivity index (χ2v) is 7.37. The molecule has 1 aliphatic heterocycles. The number of halogens is 1. The summed E-state index contributed by atoms with van der Waals surface area (Å²) < 4.78 is 11.8. The van der Waals surface area contributed by atoms with E-state index >= 15 is 0 Å². The summed E-state index contributed by atoms with van der Waals surface area (Å²) in [6.45, 7) is 8.14. The molecule has 130 valence electrons. The van der Waals surface area contributed by atoms with Gasteiger partial charge in [0.2, 0.25) is 0 Å². The Morgan fingerprint density at radius 1 is 1.22 bits per heavy atom. The number of nitrogens with zero attached hydrogens (tertiary/aromatic N) is 1. The summed E-state index contributed by atoms with van der Waals surface area (Å²) in [5, 5.41) is 13.3. The van der Waals surface area contributed by atoms with Crippen LogP contribution in [0.2, 0.25) is 0 Å². The Bertz CT molecular complexity index is 506. The quantitative estimate of drug-likeness (QED) is 0.786. The Morgan fingerprint density at radius 2 is 1.74 bits per heavy atom. The van der Waals surface area contributed by atoms with Crippen molar-refractivity contribution in [3.63, 3.8) is 0 Å². The molecule has 0 spiro atoms. The highest BCUT2D eigenvalue weighted by molar-refractivity contribution is 9.10. The molecular weight excluding hydrogens is 360 g/mol. The van der Waals surface area contributed by atoms with Gasteiger partial charge in [-0.2, -0.15) is 0 Å². The summed E-state index contributed by atoms with van der Waals surface area (Å²) in [5.41, 5.74) is 0.823. The molecule has 1 aromatic carbocycles. The van der Waals surface area contributed by atoms with Gasteiger partial charge < -0.3 is 19.9 Å². The first kappa shape index (κ1) is 18.5. The molecule has 0 aromatic heterocycles. The molecule has 0 radical (unpaired) electrons. The summed E-state index contributed by atoms with van der Waals surface area (Å²) in [6, 6.07) is 4.17. The SMILES string of the molecule is COc1cc([C@@H](N2CCNCC2)C(C)(C)CO)cc(OC)c1Br. The van der Waals surface area contributed by atoms with Crippen molar-refractivity contribution in [2.75, 3.05) is 47.0 Å². The molecule has 5 nitrogen and oxygen atoms in total. The van der Waals surface area contributed by atoms with Crippen molar-refractivity contribution in [1.82, 2.24) is 10.2 Å². The number of benzene rings is 1. The highest BCUT2D eigenvalue weighted by Gasteiger charge is 2.36. The van der Waals surface area contributed by atoms with Crippen LogP contribution in [-0.2, 0) is 0 Å². The summed E-state index contributed by atoms with van der Waals surface area (Å²) in [4.78, 5) is 2.43. The molecule has 1 atom stereocenters. The number of piperazine rings is 1. The van der Waals surface area contributed by atoms with Gasteiger partial charge in [-0.05, 0) is 33.6 Å². The number of methoxy groups -OCH3 is 2. The molecule has 0 amide bonds. The van der Waals surface area contributed by atoms with Gasteiger partial charge in [-0.3, -0.25) is 4.90 Å². The molecule has 1 saturated heterocycles. The van der Waals surface area contributed by atoms with Gasteiger partial charge in [0.05, 0.1) is 14.2 Å². The second-order valence-electron chi connectivity index (χ2n) is 6.57. The van der Waals surface area contributed by atoms with Gasteiger partial charge in [0.15, 0.2) is 0 Å². The third-order valence-electron chi connectivity index (χ3n) is 4.45. The highest BCUT2D eigenvalue weighted by atomic mass is 79.9. The predicted octanol–water partition coefficient (Wildman–Crippen LogP) is 2.43. The number of hydrogen-bond donors (Lipinski definition) is 2. The lowest BCUT2D eigenvalue weighted by molar-refractivity contribution is 0.0303. The van der Waals surface area contributed by atoms with Crippen molar-refractivity contribution in [2.45, 2.75) is 19.9 Å². The average Bonchev–Trinajstić information content (AvgIpc) is 2.57. The topological polar surface area (TPSA) is 54.0 Å². The summed E-state index contributed by atoms with van der Waals surface area (Å²) >= 11 is 3.53. The molecule has 0 aliphatic carbocycles. The molecule has 0 saturated carbocycles. The highest BCUT2D eigenvalue weighted by Crippen LogP contribution is 2.44. The standard InChI is InChI=1S/C17H27BrN2O3/c1-17(2,11-21)16(20-7-5-19-6-8-20)12-9-13(22-3)15(18)14(10-12)23-4/h9-10,16,19,21H,5-8,11H2,1-4H3/t16-/m1/s1. The van der Waals surface area contributed by atoms with E-state index in [0.29, 0.717) is 0 Å². The number of nitrogens with one attached hydrogen (secondary N) is 1. The zero-order valence-corrected chi connectivity index (χ0v) is 15.9. The lowest BCUT2D eigenvalue weighted by Crippen LogP contribution is -2.49. The van der Waals surface area contributed by atoms with E-state index < -0.39 is 0 Å².